The number of hydrogen-bond acceptors (Lipinski definition) is 3. The van der Waals surface area contributed by atoms with Crippen LogP contribution in [0.3, 0.4) is 0 Å². The van der Waals surface area contributed by atoms with E-state index >= 15 is 0 Å². The fourth-order valence-corrected chi connectivity index (χ4v) is 2.49. The van der Waals surface area contributed by atoms with Gasteiger partial charge in [-0.3, -0.25) is 0 Å². The first-order chi connectivity index (χ1) is 9.81. The van der Waals surface area contributed by atoms with E-state index in [1.807, 2.05) is 18.3 Å². The second kappa shape index (κ2) is 4.06. The number of nitrogens with one attached hydrogen (secondary N) is 1. The lowest BCUT2D eigenvalue weighted by Crippen LogP contribution is -1.93. The van der Waals surface area contributed by atoms with Crippen LogP contribution in [0.4, 0.5) is 5.82 Å². The number of anilines is 1. The molecule has 0 aliphatic rings. The molecule has 2 aromatic carbocycles. The summed E-state index contributed by atoms with van der Waals surface area (Å²) in [5.74, 6) is 0.513. The summed E-state index contributed by atoms with van der Waals surface area (Å²) >= 11 is 0. The number of fused-ring (bicyclic) bond motifs is 2. The van der Waals surface area contributed by atoms with Crippen molar-refractivity contribution in [3.05, 3.63) is 55.0 Å². The largest absolute Gasteiger partial charge is 0.383 e. The summed E-state index contributed by atoms with van der Waals surface area (Å²) in [7, 11) is 0. The number of H-pyrrole nitrogens is 1. The van der Waals surface area contributed by atoms with Crippen molar-refractivity contribution in [1.29, 1.82) is 0 Å². The fourth-order valence-electron chi connectivity index (χ4n) is 2.49. The number of benzene rings is 2. The standard InChI is InChI=1S/C16H12N4/c17-16-13-8-11(2-4-15(13)19-9-20-16)10-1-3-14-12(7-10)5-6-18-14/h1-9,18H,(H2,17,19,20). The molecule has 0 aliphatic carbocycles. The van der Waals surface area contributed by atoms with Gasteiger partial charge in [0.15, 0.2) is 0 Å². The minimum atomic E-state index is 0.513. The van der Waals surface area contributed by atoms with Crippen LogP contribution in [0.1, 0.15) is 0 Å². The van der Waals surface area contributed by atoms with Gasteiger partial charge in [0.05, 0.1) is 5.52 Å². The van der Waals surface area contributed by atoms with Gasteiger partial charge in [-0.2, -0.15) is 0 Å². The number of rotatable bonds is 1. The van der Waals surface area contributed by atoms with Gasteiger partial charge in [-0.25, -0.2) is 9.97 Å². The van der Waals surface area contributed by atoms with Crippen molar-refractivity contribution in [3.63, 3.8) is 0 Å². The highest BCUT2D eigenvalue weighted by atomic mass is 14.9. The Kier molecular flexibility index (Phi) is 2.23. The van der Waals surface area contributed by atoms with Crippen LogP contribution in [0.25, 0.3) is 32.9 Å². The lowest BCUT2D eigenvalue weighted by molar-refractivity contribution is 1.23. The first kappa shape index (κ1) is 11.0. The normalized spacial score (nSPS) is 11.2. The van der Waals surface area contributed by atoms with Crippen LogP contribution >= 0.6 is 0 Å². The Morgan fingerprint density at radius 2 is 1.75 bits per heavy atom. The molecule has 20 heavy (non-hydrogen) atoms. The van der Waals surface area contributed by atoms with Gasteiger partial charge in [0, 0.05) is 17.1 Å². The molecule has 2 aromatic heterocycles. The molecular weight excluding hydrogens is 248 g/mol. The number of nitrogen functional groups attached to an aromatic ring is 1. The molecule has 0 saturated carbocycles. The molecule has 4 aromatic rings. The predicted molar refractivity (Wildman–Crippen MR) is 81.2 cm³/mol. The van der Waals surface area contributed by atoms with Crippen molar-refractivity contribution in [3.8, 4) is 11.1 Å². The molecule has 0 amide bonds. The molecule has 0 saturated heterocycles. The van der Waals surface area contributed by atoms with Crippen LogP contribution < -0.4 is 5.73 Å². The first-order valence-electron chi connectivity index (χ1n) is 6.39. The lowest BCUT2D eigenvalue weighted by atomic mass is 10.0. The van der Waals surface area contributed by atoms with E-state index in [4.69, 9.17) is 5.73 Å². The van der Waals surface area contributed by atoms with Crippen molar-refractivity contribution in [2.45, 2.75) is 0 Å². The highest BCUT2D eigenvalue weighted by molar-refractivity contribution is 5.93. The highest BCUT2D eigenvalue weighted by Crippen LogP contribution is 2.27. The average molecular weight is 260 g/mol. The number of aromatic amines is 1. The summed E-state index contributed by atoms with van der Waals surface area (Å²) in [5, 5.41) is 2.08. The molecule has 0 fully saturated rings. The van der Waals surface area contributed by atoms with Gasteiger partial charge < -0.3 is 10.7 Å². The maximum Gasteiger partial charge on any atom is 0.134 e. The van der Waals surface area contributed by atoms with Gasteiger partial charge in [-0.05, 0) is 46.8 Å². The lowest BCUT2D eigenvalue weighted by Gasteiger charge is -2.05. The zero-order valence-electron chi connectivity index (χ0n) is 10.7. The van der Waals surface area contributed by atoms with Gasteiger partial charge >= 0.3 is 0 Å². The molecule has 4 nitrogen and oxygen atoms in total. The number of aromatic nitrogens is 3. The highest BCUT2D eigenvalue weighted by Gasteiger charge is 2.05. The number of hydrogen-bond donors (Lipinski definition) is 2. The van der Waals surface area contributed by atoms with E-state index in [1.165, 1.54) is 11.7 Å². The Morgan fingerprint density at radius 1 is 0.900 bits per heavy atom. The van der Waals surface area contributed by atoms with Crippen LogP contribution in [-0.2, 0) is 0 Å². The van der Waals surface area contributed by atoms with Crippen LogP contribution in [0.5, 0.6) is 0 Å². The zero-order chi connectivity index (χ0) is 13.5. The third-order valence-electron chi connectivity index (χ3n) is 3.55. The Hall–Kier alpha value is -2.88. The zero-order valence-corrected chi connectivity index (χ0v) is 10.7. The van der Waals surface area contributed by atoms with Crippen molar-refractivity contribution in [2.24, 2.45) is 0 Å². The van der Waals surface area contributed by atoms with E-state index in [-0.39, 0.29) is 0 Å². The van der Waals surface area contributed by atoms with E-state index in [2.05, 4.69) is 45.3 Å². The fraction of sp³-hybridized carbons (Fsp3) is 0. The number of nitrogens with two attached hydrogens (primary N) is 1. The summed E-state index contributed by atoms with van der Waals surface area (Å²) in [4.78, 5) is 11.5. The Balaban J connectivity index is 1.94. The molecule has 0 atom stereocenters. The van der Waals surface area contributed by atoms with E-state index in [1.54, 1.807) is 0 Å². The molecule has 0 bridgehead atoms. The summed E-state index contributed by atoms with van der Waals surface area (Å²) in [6, 6.07) is 14.5. The molecular formula is C16H12N4. The van der Waals surface area contributed by atoms with Crippen LogP contribution in [0.15, 0.2) is 55.0 Å². The number of nitrogens with zero attached hydrogens (tertiary/aromatic N) is 2. The summed E-state index contributed by atoms with van der Waals surface area (Å²) in [6.45, 7) is 0. The quantitative estimate of drug-likeness (QED) is 0.551. The first-order valence-corrected chi connectivity index (χ1v) is 6.39. The summed E-state index contributed by atoms with van der Waals surface area (Å²) in [6.07, 6.45) is 3.43. The van der Waals surface area contributed by atoms with Gasteiger partial charge in [0.1, 0.15) is 12.1 Å². The summed E-state index contributed by atoms with van der Waals surface area (Å²) < 4.78 is 0. The Bertz CT molecular complexity index is 924. The van der Waals surface area contributed by atoms with E-state index in [0.717, 1.165) is 27.5 Å². The minimum absolute atomic E-state index is 0.513. The van der Waals surface area contributed by atoms with Gasteiger partial charge in [0.2, 0.25) is 0 Å². The topological polar surface area (TPSA) is 67.6 Å². The third-order valence-corrected chi connectivity index (χ3v) is 3.55. The molecule has 0 spiro atoms. The molecule has 96 valence electrons. The summed E-state index contributed by atoms with van der Waals surface area (Å²) in [5.41, 5.74) is 10.2. The third kappa shape index (κ3) is 1.62. The monoisotopic (exact) mass is 260 g/mol. The van der Waals surface area contributed by atoms with Gasteiger partial charge in [-0.15, -0.1) is 0 Å². The maximum atomic E-state index is 5.92. The van der Waals surface area contributed by atoms with E-state index < -0.39 is 0 Å². The van der Waals surface area contributed by atoms with Crippen LogP contribution in [0.2, 0.25) is 0 Å². The second-order valence-electron chi connectivity index (χ2n) is 4.77. The predicted octanol–water partition coefficient (Wildman–Crippen LogP) is 3.36. The SMILES string of the molecule is Nc1ncnc2ccc(-c3ccc4[nH]ccc4c3)cc12. The molecule has 3 N–H and O–H groups in total. The van der Waals surface area contributed by atoms with Crippen LogP contribution in [0, 0.1) is 0 Å². The Labute approximate surface area is 115 Å². The molecule has 4 heteroatoms. The smallest absolute Gasteiger partial charge is 0.134 e. The molecule has 0 radical (unpaired) electrons. The molecule has 4 rings (SSSR count). The minimum Gasteiger partial charge on any atom is -0.383 e. The van der Waals surface area contributed by atoms with Crippen molar-refractivity contribution in [2.75, 3.05) is 5.73 Å². The van der Waals surface area contributed by atoms with Crippen molar-refractivity contribution < 1.29 is 0 Å². The average Bonchev–Trinajstić information content (AvgIpc) is 2.95. The van der Waals surface area contributed by atoms with Crippen molar-refractivity contribution >= 4 is 27.6 Å². The Morgan fingerprint density at radius 3 is 2.70 bits per heavy atom. The molecule has 2 heterocycles. The van der Waals surface area contributed by atoms with Gasteiger partial charge in [-0.1, -0.05) is 12.1 Å². The van der Waals surface area contributed by atoms with Gasteiger partial charge in [0.25, 0.3) is 0 Å². The molecule has 0 unspecified atom stereocenters. The van der Waals surface area contributed by atoms with E-state index in [9.17, 15) is 0 Å². The van der Waals surface area contributed by atoms with Crippen LogP contribution in [-0.4, -0.2) is 15.0 Å². The van der Waals surface area contributed by atoms with E-state index in [0.29, 0.717) is 5.82 Å². The second-order valence-corrected chi connectivity index (χ2v) is 4.77. The maximum absolute atomic E-state index is 5.92. The van der Waals surface area contributed by atoms with Crippen molar-refractivity contribution in [1.82, 2.24) is 15.0 Å². The molecule has 0 aliphatic heterocycles.